The van der Waals surface area contributed by atoms with Gasteiger partial charge in [-0.3, -0.25) is 14.4 Å². The number of amides is 3. The topological polar surface area (TPSA) is 137 Å². The molecule has 9 nitrogen and oxygen atoms in total. The van der Waals surface area contributed by atoms with Crippen molar-refractivity contribution in [3.05, 3.63) is 35.9 Å². The van der Waals surface area contributed by atoms with Gasteiger partial charge in [0.15, 0.2) is 0 Å². The lowest BCUT2D eigenvalue weighted by Crippen LogP contribution is -2.51. The number of rotatable bonds is 10. The van der Waals surface area contributed by atoms with Gasteiger partial charge in [0, 0.05) is 0 Å². The molecule has 27 heavy (non-hydrogen) atoms. The highest BCUT2D eigenvalue weighted by Crippen LogP contribution is 2.09. The number of carbonyl (C=O) groups is 4. The number of nitrogens with one attached hydrogen (secondary N) is 2. The number of primary amides is 1. The van der Waals surface area contributed by atoms with E-state index in [0.29, 0.717) is 0 Å². The maximum absolute atomic E-state index is 11.9. The van der Waals surface area contributed by atoms with Gasteiger partial charge < -0.3 is 25.8 Å². The van der Waals surface area contributed by atoms with Crippen LogP contribution in [0.2, 0.25) is 0 Å². The van der Waals surface area contributed by atoms with Crippen molar-refractivity contribution in [2.45, 2.75) is 32.9 Å². The van der Waals surface area contributed by atoms with Crippen LogP contribution in [0.25, 0.3) is 0 Å². The first-order chi connectivity index (χ1) is 12.8. The SMILES string of the molecule is CCOC(=O)C[C@@H](C)[C@H](NC(=O)CNC(=O)OCc1ccccc1)C(N)=O. The highest BCUT2D eigenvalue weighted by Gasteiger charge is 2.27. The molecule has 0 saturated carbocycles. The van der Waals surface area contributed by atoms with Gasteiger partial charge in [-0.05, 0) is 18.4 Å². The zero-order chi connectivity index (χ0) is 20.2. The van der Waals surface area contributed by atoms with Crippen LogP contribution in [-0.4, -0.2) is 43.1 Å². The highest BCUT2D eigenvalue weighted by atomic mass is 16.5. The van der Waals surface area contributed by atoms with Crippen molar-refractivity contribution in [3.8, 4) is 0 Å². The average molecular weight is 379 g/mol. The Morgan fingerprint density at radius 3 is 2.37 bits per heavy atom. The fourth-order valence-corrected chi connectivity index (χ4v) is 2.25. The van der Waals surface area contributed by atoms with Crippen LogP contribution in [0.5, 0.6) is 0 Å². The van der Waals surface area contributed by atoms with Gasteiger partial charge in [-0.25, -0.2) is 4.79 Å². The third-order valence-electron chi connectivity index (χ3n) is 3.59. The van der Waals surface area contributed by atoms with Crippen LogP contribution < -0.4 is 16.4 Å². The highest BCUT2D eigenvalue weighted by molar-refractivity contribution is 5.89. The molecule has 0 aliphatic rings. The van der Waals surface area contributed by atoms with Crippen LogP contribution in [0.1, 0.15) is 25.8 Å². The molecule has 0 unspecified atom stereocenters. The van der Waals surface area contributed by atoms with Crippen LogP contribution in [0.3, 0.4) is 0 Å². The van der Waals surface area contributed by atoms with E-state index in [4.69, 9.17) is 15.2 Å². The van der Waals surface area contributed by atoms with E-state index in [1.54, 1.807) is 26.0 Å². The molecule has 3 amide bonds. The molecule has 1 rings (SSSR count). The van der Waals surface area contributed by atoms with Crippen LogP contribution in [0.15, 0.2) is 30.3 Å². The van der Waals surface area contributed by atoms with E-state index in [9.17, 15) is 19.2 Å². The summed E-state index contributed by atoms with van der Waals surface area (Å²) < 4.78 is 9.79. The normalized spacial score (nSPS) is 12.4. The van der Waals surface area contributed by atoms with Gasteiger partial charge in [0.1, 0.15) is 19.2 Å². The second-order valence-electron chi connectivity index (χ2n) is 5.85. The van der Waals surface area contributed by atoms with E-state index in [0.717, 1.165) is 5.56 Å². The Bertz CT molecular complexity index is 650. The summed E-state index contributed by atoms with van der Waals surface area (Å²) in [6.45, 7) is 3.14. The van der Waals surface area contributed by atoms with E-state index < -0.39 is 42.4 Å². The molecule has 1 aromatic rings. The fourth-order valence-electron chi connectivity index (χ4n) is 2.25. The zero-order valence-corrected chi connectivity index (χ0v) is 15.4. The van der Waals surface area contributed by atoms with Crippen molar-refractivity contribution < 1.29 is 28.7 Å². The molecular weight excluding hydrogens is 354 g/mol. The van der Waals surface area contributed by atoms with Crippen molar-refractivity contribution in [2.75, 3.05) is 13.2 Å². The minimum absolute atomic E-state index is 0.0643. The monoisotopic (exact) mass is 379 g/mol. The second kappa shape index (κ2) is 11.5. The number of hydrogen-bond donors (Lipinski definition) is 3. The maximum Gasteiger partial charge on any atom is 0.407 e. The van der Waals surface area contributed by atoms with Crippen molar-refractivity contribution in [2.24, 2.45) is 11.7 Å². The molecule has 0 radical (unpaired) electrons. The Hall–Kier alpha value is -3.10. The molecule has 0 bridgehead atoms. The summed E-state index contributed by atoms with van der Waals surface area (Å²) in [5, 5.41) is 4.68. The third kappa shape index (κ3) is 8.70. The summed E-state index contributed by atoms with van der Waals surface area (Å²) in [6.07, 6.45) is -0.849. The summed E-state index contributed by atoms with van der Waals surface area (Å²) >= 11 is 0. The lowest BCUT2D eigenvalue weighted by atomic mass is 9.97. The minimum Gasteiger partial charge on any atom is -0.466 e. The standard InChI is InChI=1S/C18H25N3O6/c1-3-26-15(23)9-12(2)16(17(19)24)21-14(22)10-20-18(25)27-11-13-7-5-4-6-8-13/h4-8,12,16H,3,9-11H2,1-2H3,(H2,19,24)(H,20,25)(H,21,22)/t12-,16+/m1/s1. The van der Waals surface area contributed by atoms with Gasteiger partial charge in [0.25, 0.3) is 0 Å². The summed E-state index contributed by atoms with van der Waals surface area (Å²) in [6, 6.07) is 7.98. The Kier molecular flexibility index (Phi) is 9.35. The first-order valence-corrected chi connectivity index (χ1v) is 8.52. The first-order valence-electron chi connectivity index (χ1n) is 8.52. The molecule has 0 aromatic heterocycles. The average Bonchev–Trinajstić information content (AvgIpc) is 2.63. The number of hydrogen-bond acceptors (Lipinski definition) is 6. The van der Waals surface area contributed by atoms with E-state index in [-0.39, 0.29) is 19.6 Å². The smallest absolute Gasteiger partial charge is 0.407 e. The quantitative estimate of drug-likeness (QED) is 0.506. The number of benzene rings is 1. The molecule has 1 aromatic carbocycles. The van der Waals surface area contributed by atoms with Crippen molar-refractivity contribution in [1.29, 1.82) is 0 Å². The number of carbonyl (C=O) groups excluding carboxylic acids is 4. The Balaban J connectivity index is 2.41. The molecule has 0 saturated heterocycles. The predicted octanol–water partition coefficient (Wildman–Crippen LogP) is 0.472. The molecule has 9 heteroatoms. The van der Waals surface area contributed by atoms with Gasteiger partial charge in [0.05, 0.1) is 13.0 Å². The first kappa shape index (κ1) is 21.9. The summed E-state index contributed by atoms with van der Waals surface area (Å²) in [5.41, 5.74) is 6.09. The van der Waals surface area contributed by atoms with Gasteiger partial charge >= 0.3 is 12.1 Å². The van der Waals surface area contributed by atoms with Crippen molar-refractivity contribution >= 4 is 23.9 Å². The van der Waals surface area contributed by atoms with Crippen LogP contribution in [0.4, 0.5) is 4.79 Å². The van der Waals surface area contributed by atoms with Gasteiger partial charge in [-0.1, -0.05) is 37.3 Å². The summed E-state index contributed by atoms with van der Waals surface area (Å²) in [5.74, 6) is -2.47. The number of nitrogens with two attached hydrogens (primary N) is 1. The molecule has 148 valence electrons. The minimum atomic E-state index is -1.07. The second-order valence-corrected chi connectivity index (χ2v) is 5.85. The Morgan fingerprint density at radius 2 is 1.78 bits per heavy atom. The largest absolute Gasteiger partial charge is 0.466 e. The zero-order valence-electron chi connectivity index (χ0n) is 15.4. The molecule has 0 aliphatic carbocycles. The Morgan fingerprint density at radius 1 is 1.11 bits per heavy atom. The molecule has 0 spiro atoms. The molecule has 0 aliphatic heterocycles. The Labute approximate surface area is 157 Å². The van der Waals surface area contributed by atoms with E-state index >= 15 is 0 Å². The molecular formula is C18H25N3O6. The van der Waals surface area contributed by atoms with Gasteiger partial charge in [-0.15, -0.1) is 0 Å². The van der Waals surface area contributed by atoms with E-state index in [1.807, 2.05) is 18.2 Å². The molecule has 4 N–H and O–H groups in total. The summed E-state index contributed by atoms with van der Waals surface area (Å²) in [4.78, 5) is 46.6. The van der Waals surface area contributed by atoms with Crippen molar-refractivity contribution in [1.82, 2.24) is 10.6 Å². The van der Waals surface area contributed by atoms with E-state index in [2.05, 4.69) is 10.6 Å². The third-order valence-corrected chi connectivity index (χ3v) is 3.59. The maximum atomic E-state index is 11.9. The summed E-state index contributed by atoms with van der Waals surface area (Å²) in [7, 11) is 0. The number of esters is 1. The van der Waals surface area contributed by atoms with Crippen LogP contribution in [0, 0.1) is 5.92 Å². The van der Waals surface area contributed by atoms with Crippen LogP contribution in [-0.2, 0) is 30.5 Å². The number of ether oxygens (including phenoxy) is 2. The molecule has 2 atom stereocenters. The van der Waals surface area contributed by atoms with Crippen molar-refractivity contribution in [3.63, 3.8) is 0 Å². The van der Waals surface area contributed by atoms with Crippen LogP contribution >= 0.6 is 0 Å². The lowest BCUT2D eigenvalue weighted by Gasteiger charge is -2.21. The number of alkyl carbamates (subject to hydrolysis) is 1. The van der Waals surface area contributed by atoms with E-state index in [1.165, 1.54) is 0 Å². The lowest BCUT2D eigenvalue weighted by molar-refractivity contribution is -0.144. The van der Waals surface area contributed by atoms with Gasteiger partial charge in [0.2, 0.25) is 11.8 Å². The predicted molar refractivity (Wildman–Crippen MR) is 96.2 cm³/mol. The fraction of sp³-hybridized carbons (Fsp3) is 0.444. The molecule has 0 fully saturated rings. The molecule has 0 heterocycles. The van der Waals surface area contributed by atoms with Gasteiger partial charge in [-0.2, -0.15) is 0 Å².